The predicted molar refractivity (Wildman–Crippen MR) is 108 cm³/mol. The van der Waals surface area contributed by atoms with E-state index in [2.05, 4.69) is 10.6 Å². The van der Waals surface area contributed by atoms with Gasteiger partial charge in [0.05, 0.1) is 7.11 Å². The molecule has 0 bridgehead atoms. The number of ether oxygens (including phenoxy) is 2. The van der Waals surface area contributed by atoms with Crippen molar-refractivity contribution < 1.29 is 23.9 Å². The number of amides is 2. The van der Waals surface area contributed by atoms with E-state index in [0.29, 0.717) is 5.56 Å². The second-order valence-electron chi connectivity index (χ2n) is 6.80. The zero-order chi connectivity index (χ0) is 21.2. The molecule has 7 heteroatoms. The van der Waals surface area contributed by atoms with Crippen LogP contribution in [0.3, 0.4) is 0 Å². The number of hydrogen-bond donors (Lipinski definition) is 2. The standard InChI is InChI=1S/C22H26N2O5/c1-15(2)18(21(26)28-3)23-20(25)19(17-12-8-5-9-13-17)24-22(27)29-14-16-10-6-4-7-11-16/h4-13,15,18-19H,14H2,1-3H3,(H,23,25)(H,24,27). The molecule has 2 unspecified atom stereocenters. The maximum Gasteiger partial charge on any atom is 0.408 e. The first-order valence-corrected chi connectivity index (χ1v) is 9.32. The van der Waals surface area contributed by atoms with E-state index in [1.54, 1.807) is 44.2 Å². The lowest BCUT2D eigenvalue weighted by Gasteiger charge is -2.24. The van der Waals surface area contributed by atoms with Gasteiger partial charge in [-0.1, -0.05) is 74.5 Å². The minimum Gasteiger partial charge on any atom is -0.467 e. The Morgan fingerprint density at radius 1 is 0.897 bits per heavy atom. The summed E-state index contributed by atoms with van der Waals surface area (Å²) in [5, 5.41) is 5.24. The van der Waals surface area contributed by atoms with Gasteiger partial charge in [-0.3, -0.25) is 4.79 Å². The van der Waals surface area contributed by atoms with Crippen molar-refractivity contribution in [3.8, 4) is 0 Å². The molecule has 0 aromatic heterocycles. The van der Waals surface area contributed by atoms with Crippen LogP contribution in [-0.4, -0.2) is 31.1 Å². The van der Waals surface area contributed by atoms with Gasteiger partial charge in [-0.15, -0.1) is 0 Å². The first-order chi connectivity index (χ1) is 13.9. The average molecular weight is 398 g/mol. The van der Waals surface area contributed by atoms with Crippen molar-refractivity contribution in [1.82, 2.24) is 10.6 Å². The van der Waals surface area contributed by atoms with E-state index in [1.165, 1.54) is 7.11 Å². The van der Waals surface area contributed by atoms with Gasteiger partial charge in [0, 0.05) is 0 Å². The van der Waals surface area contributed by atoms with Gasteiger partial charge in [-0.05, 0) is 17.0 Å². The Hall–Kier alpha value is -3.35. The van der Waals surface area contributed by atoms with Crippen molar-refractivity contribution in [2.45, 2.75) is 32.5 Å². The summed E-state index contributed by atoms with van der Waals surface area (Å²) in [4.78, 5) is 37.2. The molecule has 29 heavy (non-hydrogen) atoms. The number of nitrogens with one attached hydrogen (secondary N) is 2. The topological polar surface area (TPSA) is 93.7 Å². The van der Waals surface area contributed by atoms with Gasteiger partial charge in [0.2, 0.25) is 5.91 Å². The third-order valence-corrected chi connectivity index (χ3v) is 4.29. The summed E-state index contributed by atoms with van der Waals surface area (Å²) >= 11 is 0. The zero-order valence-corrected chi connectivity index (χ0v) is 16.8. The SMILES string of the molecule is COC(=O)C(NC(=O)C(NC(=O)OCc1ccccc1)c1ccccc1)C(C)C. The molecular formula is C22H26N2O5. The highest BCUT2D eigenvalue weighted by Crippen LogP contribution is 2.15. The van der Waals surface area contributed by atoms with Gasteiger partial charge in [0.15, 0.2) is 0 Å². The van der Waals surface area contributed by atoms with Crippen molar-refractivity contribution >= 4 is 18.0 Å². The lowest BCUT2D eigenvalue weighted by Crippen LogP contribution is -2.49. The first kappa shape index (κ1) is 21.9. The average Bonchev–Trinajstić information content (AvgIpc) is 2.74. The maximum absolute atomic E-state index is 12.9. The normalized spacial score (nSPS) is 12.6. The number of esters is 1. The number of alkyl carbamates (subject to hydrolysis) is 1. The number of carbonyl (C=O) groups excluding carboxylic acids is 3. The molecule has 154 valence electrons. The van der Waals surface area contributed by atoms with E-state index in [-0.39, 0.29) is 12.5 Å². The summed E-state index contributed by atoms with van der Waals surface area (Å²) in [7, 11) is 1.26. The number of benzene rings is 2. The number of rotatable bonds is 8. The molecule has 0 aliphatic carbocycles. The molecule has 7 nitrogen and oxygen atoms in total. The molecule has 2 aromatic carbocycles. The lowest BCUT2D eigenvalue weighted by atomic mass is 10.0. The summed E-state index contributed by atoms with van der Waals surface area (Å²) in [5.74, 6) is -1.27. The van der Waals surface area contributed by atoms with E-state index < -0.39 is 30.1 Å². The van der Waals surface area contributed by atoms with Crippen molar-refractivity contribution in [2.24, 2.45) is 5.92 Å². The van der Waals surface area contributed by atoms with Crippen LogP contribution in [0.2, 0.25) is 0 Å². The summed E-state index contributed by atoms with van der Waals surface area (Å²) in [5.41, 5.74) is 1.39. The molecule has 0 spiro atoms. The van der Waals surface area contributed by atoms with E-state index in [9.17, 15) is 14.4 Å². The predicted octanol–water partition coefficient (Wildman–Crippen LogP) is 2.97. The minimum absolute atomic E-state index is 0.0760. The summed E-state index contributed by atoms with van der Waals surface area (Å²) in [6, 6.07) is 16.1. The van der Waals surface area contributed by atoms with Crippen LogP contribution in [0.5, 0.6) is 0 Å². The Morgan fingerprint density at radius 3 is 2.03 bits per heavy atom. The third kappa shape index (κ3) is 6.64. The molecule has 0 heterocycles. The Bertz CT molecular complexity index is 808. The Balaban J connectivity index is 2.11. The van der Waals surface area contributed by atoms with Gasteiger partial charge in [0.1, 0.15) is 18.7 Å². The third-order valence-electron chi connectivity index (χ3n) is 4.29. The second kappa shape index (κ2) is 10.8. The smallest absolute Gasteiger partial charge is 0.408 e. The number of hydrogen-bond acceptors (Lipinski definition) is 5. The van der Waals surface area contributed by atoms with Crippen molar-refractivity contribution in [3.05, 3.63) is 71.8 Å². The van der Waals surface area contributed by atoms with Gasteiger partial charge < -0.3 is 20.1 Å². The molecule has 0 aliphatic heterocycles. The zero-order valence-electron chi connectivity index (χ0n) is 16.8. The summed E-state index contributed by atoms with van der Waals surface area (Å²) in [6.45, 7) is 3.66. The Morgan fingerprint density at radius 2 is 1.48 bits per heavy atom. The van der Waals surface area contributed by atoms with Crippen molar-refractivity contribution in [2.75, 3.05) is 7.11 Å². The summed E-state index contributed by atoms with van der Waals surface area (Å²) in [6.07, 6.45) is -0.739. The summed E-state index contributed by atoms with van der Waals surface area (Å²) < 4.78 is 9.99. The monoisotopic (exact) mass is 398 g/mol. The van der Waals surface area contributed by atoms with E-state index >= 15 is 0 Å². The number of carbonyl (C=O) groups is 3. The molecule has 0 radical (unpaired) electrons. The minimum atomic E-state index is -1.02. The van der Waals surface area contributed by atoms with Crippen LogP contribution in [0.1, 0.15) is 31.0 Å². The van der Waals surface area contributed by atoms with E-state index in [1.807, 2.05) is 30.3 Å². The molecule has 2 rings (SSSR count). The van der Waals surface area contributed by atoms with Gasteiger partial charge >= 0.3 is 12.1 Å². The maximum atomic E-state index is 12.9. The van der Waals surface area contributed by atoms with Crippen LogP contribution < -0.4 is 10.6 Å². The molecule has 2 aromatic rings. The van der Waals surface area contributed by atoms with E-state index in [4.69, 9.17) is 9.47 Å². The highest BCUT2D eigenvalue weighted by molar-refractivity contribution is 5.90. The van der Waals surface area contributed by atoms with Crippen LogP contribution >= 0.6 is 0 Å². The highest BCUT2D eigenvalue weighted by atomic mass is 16.5. The molecular weight excluding hydrogens is 372 g/mol. The van der Waals surface area contributed by atoms with Crippen LogP contribution in [-0.2, 0) is 25.7 Å². The number of methoxy groups -OCH3 is 1. The fraction of sp³-hybridized carbons (Fsp3) is 0.318. The molecule has 0 saturated carbocycles. The van der Waals surface area contributed by atoms with Crippen LogP contribution in [0, 0.1) is 5.92 Å². The largest absolute Gasteiger partial charge is 0.467 e. The first-order valence-electron chi connectivity index (χ1n) is 9.32. The van der Waals surface area contributed by atoms with Gasteiger partial charge in [0.25, 0.3) is 0 Å². The Labute approximate surface area is 170 Å². The molecule has 0 saturated heterocycles. The second-order valence-corrected chi connectivity index (χ2v) is 6.80. The van der Waals surface area contributed by atoms with Crippen LogP contribution in [0.4, 0.5) is 4.79 Å². The van der Waals surface area contributed by atoms with Crippen LogP contribution in [0.15, 0.2) is 60.7 Å². The molecule has 2 N–H and O–H groups in total. The lowest BCUT2D eigenvalue weighted by molar-refractivity contribution is -0.146. The highest BCUT2D eigenvalue weighted by Gasteiger charge is 2.30. The molecule has 0 aliphatic rings. The molecule has 2 atom stereocenters. The van der Waals surface area contributed by atoms with Crippen LogP contribution in [0.25, 0.3) is 0 Å². The van der Waals surface area contributed by atoms with Gasteiger partial charge in [-0.25, -0.2) is 9.59 Å². The van der Waals surface area contributed by atoms with Gasteiger partial charge in [-0.2, -0.15) is 0 Å². The fourth-order valence-corrected chi connectivity index (χ4v) is 2.69. The molecule has 0 fully saturated rings. The molecule has 2 amide bonds. The Kier molecular flexibility index (Phi) is 8.21. The van der Waals surface area contributed by atoms with Crippen molar-refractivity contribution in [3.63, 3.8) is 0 Å². The fourth-order valence-electron chi connectivity index (χ4n) is 2.69. The van der Waals surface area contributed by atoms with E-state index in [0.717, 1.165) is 5.56 Å². The van der Waals surface area contributed by atoms with Crippen molar-refractivity contribution in [1.29, 1.82) is 0 Å². The quantitative estimate of drug-likeness (QED) is 0.667.